The molecular formula is C6H11NO3. The monoisotopic (exact) mass is 145 g/mol. The van der Waals surface area contributed by atoms with Gasteiger partial charge in [-0.15, -0.1) is 0 Å². The summed E-state index contributed by atoms with van der Waals surface area (Å²) in [5, 5.41) is 9.21. The molecule has 4 heteroatoms. The molecule has 0 bridgehead atoms. The first-order chi connectivity index (χ1) is 4.79. The van der Waals surface area contributed by atoms with Gasteiger partial charge >= 0.3 is 0 Å². The van der Waals surface area contributed by atoms with E-state index in [1.807, 2.05) is 0 Å². The molecule has 0 amide bonds. The Morgan fingerprint density at radius 2 is 1.90 bits per heavy atom. The van der Waals surface area contributed by atoms with Gasteiger partial charge < -0.3 is 20.3 Å². The smallest absolute Gasteiger partial charge is 0.113 e. The largest absolute Gasteiger partial charge is 0.388 e. The zero-order valence-electron chi connectivity index (χ0n) is 5.56. The molecule has 2 aliphatic rings. The lowest BCUT2D eigenvalue weighted by atomic mass is 10.1. The van der Waals surface area contributed by atoms with Crippen LogP contribution in [-0.4, -0.2) is 42.7 Å². The Kier molecular flexibility index (Phi) is 1.42. The number of nitrogens with two attached hydrogens (primary N) is 1. The average Bonchev–Trinajstić information content (AvgIpc) is 2.41. The highest BCUT2D eigenvalue weighted by Gasteiger charge is 2.45. The maximum Gasteiger partial charge on any atom is 0.113 e. The third-order valence-electron chi connectivity index (χ3n) is 2.07. The van der Waals surface area contributed by atoms with Crippen molar-refractivity contribution in [3.8, 4) is 0 Å². The van der Waals surface area contributed by atoms with Gasteiger partial charge in [0.25, 0.3) is 0 Å². The Morgan fingerprint density at radius 1 is 1.20 bits per heavy atom. The zero-order valence-corrected chi connectivity index (χ0v) is 5.56. The molecule has 0 aromatic carbocycles. The fourth-order valence-electron chi connectivity index (χ4n) is 1.51. The Hall–Kier alpha value is -0.160. The molecule has 0 aliphatic carbocycles. The summed E-state index contributed by atoms with van der Waals surface area (Å²) in [5.41, 5.74) is 5.62. The number of rotatable bonds is 0. The second-order valence-electron chi connectivity index (χ2n) is 2.83. The predicted octanol–water partition coefficient (Wildman–Crippen LogP) is -1.53. The number of aliphatic hydroxyl groups excluding tert-OH is 1. The molecule has 2 saturated heterocycles. The lowest BCUT2D eigenvalue weighted by Gasteiger charge is -2.10. The molecule has 0 aromatic rings. The van der Waals surface area contributed by atoms with Crippen LogP contribution in [0.5, 0.6) is 0 Å². The summed E-state index contributed by atoms with van der Waals surface area (Å²) in [6, 6.07) is -0.0536. The predicted molar refractivity (Wildman–Crippen MR) is 33.5 cm³/mol. The van der Waals surface area contributed by atoms with E-state index < -0.39 is 6.10 Å². The second-order valence-corrected chi connectivity index (χ2v) is 2.83. The number of hydrogen-bond donors (Lipinski definition) is 2. The van der Waals surface area contributed by atoms with E-state index in [0.717, 1.165) is 0 Å². The normalized spacial score (nSPS) is 53.4. The molecule has 3 N–H and O–H groups in total. The van der Waals surface area contributed by atoms with E-state index in [-0.39, 0.29) is 18.2 Å². The quantitative estimate of drug-likeness (QED) is 0.434. The highest BCUT2D eigenvalue weighted by Crippen LogP contribution is 2.25. The van der Waals surface area contributed by atoms with Crippen molar-refractivity contribution in [3.05, 3.63) is 0 Å². The Morgan fingerprint density at radius 3 is 2.60 bits per heavy atom. The molecule has 2 heterocycles. The Balaban J connectivity index is 2.09. The van der Waals surface area contributed by atoms with Crippen LogP contribution in [0.3, 0.4) is 0 Å². The van der Waals surface area contributed by atoms with Gasteiger partial charge in [-0.05, 0) is 0 Å². The van der Waals surface area contributed by atoms with Crippen molar-refractivity contribution in [2.24, 2.45) is 5.73 Å². The summed E-state index contributed by atoms with van der Waals surface area (Å²) in [5.74, 6) is 0. The molecule has 0 radical (unpaired) electrons. The molecular weight excluding hydrogens is 134 g/mol. The minimum Gasteiger partial charge on any atom is -0.388 e. The lowest BCUT2D eigenvalue weighted by Crippen LogP contribution is -2.36. The summed E-state index contributed by atoms with van der Waals surface area (Å²) in [6.45, 7) is 0.870. The van der Waals surface area contributed by atoms with Crippen molar-refractivity contribution in [2.75, 3.05) is 13.2 Å². The van der Waals surface area contributed by atoms with Gasteiger partial charge in [-0.1, -0.05) is 0 Å². The van der Waals surface area contributed by atoms with Gasteiger partial charge in [0, 0.05) is 0 Å². The van der Waals surface area contributed by atoms with Crippen molar-refractivity contribution in [1.82, 2.24) is 0 Å². The van der Waals surface area contributed by atoms with Crippen molar-refractivity contribution in [1.29, 1.82) is 0 Å². The van der Waals surface area contributed by atoms with Crippen LogP contribution in [0.2, 0.25) is 0 Å². The van der Waals surface area contributed by atoms with Gasteiger partial charge in [0.1, 0.15) is 18.3 Å². The summed E-state index contributed by atoms with van der Waals surface area (Å²) in [7, 11) is 0. The first-order valence-electron chi connectivity index (χ1n) is 3.46. The molecule has 0 saturated carbocycles. The number of ether oxygens (including phenoxy) is 2. The highest BCUT2D eigenvalue weighted by atomic mass is 16.6. The van der Waals surface area contributed by atoms with Crippen LogP contribution in [-0.2, 0) is 9.47 Å². The molecule has 4 nitrogen and oxygen atoms in total. The molecule has 58 valence electrons. The third kappa shape index (κ3) is 0.769. The van der Waals surface area contributed by atoms with Crippen LogP contribution in [0.25, 0.3) is 0 Å². The van der Waals surface area contributed by atoms with Crippen molar-refractivity contribution in [3.63, 3.8) is 0 Å². The fraction of sp³-hybridized carbons (Fsp3) is 1.00. The van der Waals surface area contributed by atoms with Crippen LogP contribution in [0.1, 0.15) is 0 Å². The van der Waals surface area contributed by atoms with E-state index >= 15 is 0 Å². The van der Waals surface area contributed by atoms with Crippen molar-refractivity contribution in [2.45, 2.75) is 24.4 Å². The first-order valence-corrected chi connectivity index (χ1v) is 3.46. The Labute approximate surface area is 58.9 Å². The van der Waals surface area contributed by atoms with E-state index in [9.17, 15) is 5.11 Å². The van der Waals surface area contributed by atoms with Gasteiger partial charge in [-0.25, -0.2) is 0 Å². The summed E-state index contributed by atoms with van der Waals surface area (Å²) in [6.07, 6.45) is -0.719. The van der Waals surface area contributed by atoms with Crippen molar-refractivity contribution < 1.29 is 14.6 Å². The van der Waals surface area contributed by atoms with Gasteiger partial charge in [0.05, 0.1) is 19.3 Å². The number of fused-ring (bicyclic) bond motifs is 1. The van der Waals surface area contributed by atoms with E-state index in [1.165, 1.54) is 0 Å². The highest BCUT2D eigenvalue weighted by molar-refractivity contribution is 4.95. The minimum absolute atomic E-state index is 0.0536. The summed E-state index contributed by atoms with van der Waals surface area (Å²) >= 11 is 0. The molecule has 10 heavy (non-hydrogen) atoms. The second kappa shape index (κ2) is 2.17. The lowest BCUT2D eigenvalue weighted by molar-refractivity contribution is 0.0182. The van der Waals surface area contributed by atoms with Crippen LogP contribution in [0, 0.1) is 0 Å². The van der Waals surface area contributed by atoms with Crippen LogP contribution in [0.4, 0.5) is 0 Å². The maximum absolute atomic E-state index is 9.21. The fourth-order valence-corrected chi connectivity index (χ4v) is 1.51. The van der Waals surface area contributed by atoms with Crippen LogP contribution < -0.4 is 5.73 Å². The van der Waals surface area contributed by atoms with E-state index in [2.05, 4.69) is 0 Å². The molecule has 2 aliphatic heterocycles. The molecule has 1 unspecified atom stereocenters. The van der Waals surface area contributed by atoms with E-state index in [4.69, 9.17) is 15.2 Å². The standard InChI is InChI=1S/C6H11NO3/c7-3-1-9-6-4(8)2-10-5(3)6/h3-6,8H,1-2,7H2/t3?,4-,5-,6-/m1/s1. The molecule has 2 fully saturated rings. The molecule has 0 spiro atoms. The molecule has 0 aromatic heterocycles. The Bertz CT molecular complexity index is 125. The van der Waals surface area contributed by atoms with Gasteiger partial charge in [0.2, 0.25) is 0 Å². The van der Waals surface area contributed by atoms with Gasteiger partial charge in [0.15, 0.2) is 0 Å². The first kappa shape index (κ1) is 6.54. The van der Waals surface area contributed by atoms with Crippen molar-refractivity contribution >= 4 is 0 Å². The van der Waals surface area contributed by atoms with Gasteiger partial charge in [-0.2, -0.15) is 0 Å². The van der Waals surface area contributed by atoms with Crippen LogP contribution in [0.15, 0.2) is 0 Å². The minimum atomic E-state index is -0.474. The van der Waals surface area contributed by atoms with E-state index in [1.54, 1.807) is 0 Å². The SMILES string of the molecule is NC1CO[C@@H]2[C@H](O)CO[C@H]12. The number of hydrogen-bond acceptors (Lipinski definition) is 4. The summed E-state index contributed by atoms with van der Waals surface area (Å²) in [4.78, 5) is 0. The molecule has 2 rings (SSSR count). The van der Waals surface area contributed by atoms with Crippen LogP contribution >= 0.6 is 0 Å². The third-order valence-corrected chi connectivity index (χ3v) is 2.07. The number of aliphatic hydroxyl groups is 1. The van der Waals surface area contributed by atoms with E-state index in [0.29, 0.717) is 13.2 Å². The maximum atomic E-state index is 9.21. The topological polar surface area (TPSA) is 64.7 Å². The average molecular weight is 145 g/mol. The molecule has 4 atom stereocenters. The van der Waals surface area contributed by atoms with Gasteiger partial charge in [-0.3, -0.25) is 0 Å². The zero-order chi connectivity index (χ0) is 7.14. The summed E-state index contributed by atoms with van der Waals surface area (Å²) < 4.78 is 10.4.